The van der Waals surface area contributed by atoms with Gasteiger partial charge in [0.25, 0.3) is 0 Å². The van der Waals surface area contributed by atoms with Crippen molar-refractivity contribution in [2.75, 3.05) is 12.4 Å². The van der Waals surface area contributed by atoms with E-state index in [2.05, 4.69) is 30.6 Å². The molecule has 140 valence electrons. The standard InChI is InChI=1S/C21H23N3O2S/c1-21(2)13-18(17-12-16(25-3)8-9-19(17)26-21)24-20(27)23-15-6-4-14(5-7-15)10-11-22/h4-9,12,18H,10,13H2,1-3H3,(H2,23,24,27)/t18-/m1/s1. The van der Waals surface area contributed by atoms with Crippen molar-refractivity contribution >= 4 is 23.0 Å². The number of hydrogen-bond acceptors (Lipinski definition) is 4. The van der Waals surface area contributed by atoms with Crippen LogP contribution in [0, 0.1) is 11.3 Å². The number of ether oxygens (including phenoxy) is 2. The van der Waals surface area contributed by atoms with E-state index >= 15 is 0 Å². The average molecular weight is 382 g/mol. The number of hydrogen-bond donors (Lipinski definition) is 2. The molecule has 0 saturated heterocycles. The van der Waals surface area contributed by atoms with Crippen molar-refractivity contribution in [3.05, 3.63) is 53.6 Å². The Labute approximate surface area is 165 Å². The molecule has 0 radical (unpaired) electrons. The van der Waals surface area contributed by atoms with E-state index in [1.807, 2.05) is 42.5 Å². The number of nitrogens with one attached hydrogen (secondary N) is 2. The van der Waals surface area contributed by atoms with Crippen LogP contribution in [0.25, 0.3) is 0 Å². The quantitative estimate of drug-likeness (QED) is 0.768. The molecule has 2 N–H and O–H groups in total. The summed E-state index contributed by atoms with van der Waals surface area (Å²) in [4.78, 5) is 0. The Morgan fingerprint density at radius 1 is 1.30 bits per heavy atom. The van der Waals surface area contributed by atoms with Crippen LogP contribution < -0.4 is 20.1 Å². The molecule has 0 aromatic heterocycles. The fraction of sp³-hybridized carbons (Fsp3) is 0.333. The van der Waals surface area contributed by atoms with E-state index in [0.29, 0.717) is 11.5 Å². The highest BCUT2D eigenvalue weighted by Crippen LogP contribution is 2.41. The molecule has 0 bridgehead atoms. The van der Waals surface area contributed by atoms with Crippen molar-refractivity contribution < 1.29 is 9.47 Å². The molecule has 0 spiro atoms. The molecule has 0 aliphatic carbocycles. The first-order chi connectivity index (χ1) is 12.9. The summed E-state index contributed by atoms with van der Waals surface area (Å²) in [6.45, 7) is 4.14. The predicted octanol–water partition coefficient (Wildman–Crippen LogP) is 4.35. The molecule has 1 aliphatic heterocycles. The molecule has 6 heteroatoms. The molecule has 2 aromatic carbocycles. The van der Waals surface area contributed by atoms with Gasteiger partial charge in [-0.2, -0.15) is 5.26 Å². The zero-order valence-electron chi connectivity index (χ0n) is 15.7. The van der Waals surface area contributed by atoms with Crippen molar-refractivity contribution in [3.8, 4) is 17.6 Å². The van der Waals surface area contributed by atoms with Crippen LogP contribution in [0.5, 0.6) is 11.5 Å². The SMILES string of the molecule is COc1ccc2c(c1)[C@H](NC(=S)Nc1ccc(CC#N)cc1)CC(C)(C)O2. The van der Waals surface area contributed by atoms with Gasteiger partial charge in [0, 0.05) is 17.7 Å². The maximum Gasteiger partial charge on any atom is 0.171 e. The summed E-state index contributed by atoms with van der Waals surface area (Å²) in [5.74, 6) is 1.63. The maximum atomic E-state index is 8.76. The van der Waals surface area contributed by atoms with E-state index in [9.17, 15) is 0 Å². The second-order valence-corrected chi connectivity index (χ2v) is 7.56. The molecule has 0 unspecified atom stereocenters. The highest BCUT2D eigenvalue weighted by molar-refractivity contribution is 7.80. The van der Waals surface area contributed by atoms with E-state index in [1.54, 1.807) is 7.11 Å². The van der Waals surface area contributed by atoms with Gasteiger partial charge in [0.15, 0.2) is 5.11 Å². The molecular formula is C21H23N3O2S. The van der Waals surface area contributed by atoms with Gasteiger partial charge >= 0.3 is 0 Å². The Balaban J connectivity index is 1.74. The van der Waals surface area contributed by atoms with E-state index in [4.69, 9.17) is 27.0 Å². The normalized spacial score (nSPS) is 17.0. The summed E-state index contributed by atoms with van der Waals surface area (Å²) in [7, 11) is 1.65. The van der Waals surface area contributed by atoms with E-state index in [1.165, 1.54) is 0 Å². The molecule has 1 heterocycles. The summed E-state index contributed by atoms with van der Waals surface area (Å²) in [6, 6.07) is 15.7. The van der Waals surface area contributed by atoms with Crippen LogP contribution in [0.15, 0.2) is 42.5 Å². The van der Waals surface area contributed by atoms with Gasteiger partial charge in [0.1, 0.15) is 17.1 Å². The minimum Gasteiger partial charge on any atom is -0.497 e. The van der Waals surface area contributed by atoms with Crippen molar-refractivity contribution in [2.45, 2.75) is 38.3 Å². The Bertz CT molecular complexity index is 872. The minimum atomic E-state index is -0.298. The number of benzene rings is 2. The maximum absolute atomic E-state index is 8.76. The van der Waals surface area contributed by atoms with Gasteiger partial charge in [-0.25, -0.2) is 0 Å². The van der Waals surface area contributed by atoms with Gasteiger partial charge in [0.05, 0.1) is 25.6 Å². The van der Waals surface area contributed by atoms with E-state index < -0.39 is 0 Å². The van der Waals surface area contributed by atoms with Crippen LogP contribution in [0.3, 0.4) is 0 Å². The third-order valence-corrected chi connectivity index (χ3v) is 4.69. The lowest BCUT2D eigenvalue weighted by atomic mass is 9.89. The van der Waals surface area contributed by atoms with Crippen LogP contribution in [0.4, 0.5) is 5.69 Å². The Kier molecular flexibility index (Phi) is 5.52. The molecular weight excluding hydrogens is 358 g/mol. The number of nitriles is 1. The number of rotatable bonds is 4. The van der Waals surface area contributed by atoms with Crippen LogP contribution >= 0.6 is 12.2 Å². The first-order valence-electron chi connectivity index (χ1n) is 8.80. The molecule has 0 amide bonds. The van der Waals surface area contributed by atoms with Crippen LogP contribution in [-0.2, 0) is 6.42 Å². The number of thiocarbonyl (C=S) groups is 1. The third kappa shape index (κ3) is 4.69. The zero-order valence-corrected chi connectivity index (χ0v) is 16.5. The number of anilines is 1. The largest absolute Gasteiger partial charge is 0.497 e. The van der Waals surface area contributed by atoms with Gasteiger partial charge < -0.3 is 20.1 Å². The highest BCUT2D eigenvalue weighted by atomic mass is 32.1. The number of nitrogens with zero attached hydrogens (tertiary/aromatic N) is 1. The lowest BCUT2D eigenvalue weighted by Crippen LogP contribution is -2.42. The second-order valence-electron chi connectivity index (χ2n) is 7.15. The first-order valence-corrected chi connectivity index (χ1v) is 9.21. The second kappa shape index (κ2) is 7.85. The van der Waals surface area contributed by atoms with Crippen molar-refractivity contribution in [1.29, 1.82) is 5.26 Å². The van der Waals surface area contributed by atoms with Crippen LogP contribution in [-0.4, -0.2) is 17.8 Å². The van der Waals surface area contributed by atoms with Gasteiger partial charge in [-0.1, -0.05) is 12.1 Å². The molecule has 27 heavy (non-hydrogen) atoms. The molecule has 0 saturated carbocycles. The Hall–Kier alpha value is -2.78. The van der Waals surface area contributed by atoms with Gasteiger partial charge in [-0.3, -0.25) is 0 Å². The number of fused-ring (bicyclic) bond motifs is 1. The molecule has 2 aromatic rings. The van der Waals surface area contributed by atoms with Crippen molar-refractivity contribution in [1.82, 2.24) is 5.32 Å². The summed E-state index contributed by atoms with van der Waals surface area (Å²) >= 11 is 5.52. The lowest BCUT2D eigenvalue weighted by molar-refractivity contribution is 0.0695. The van der Waals surface area contributed by atoms with Crippen molar-refractivity contribution in [3.63, 3.8) is 0 Å². The molecule has 3 rings (SSSR count). The average Bonchev–Trinajstić information content (AvgIpc) is 2.62. The molecule has 5 nitrogen and oxygen atoms in total. The topological polar surface area (TPSA) is 66.3 Å². The Morgan fingerprint density at radius 2 is 2.04 bits per heavy atom. The van der Waals surface area contributed by atoms with Gasteiger partial charge in [-0.15, -0.1) is 0 Å². The summed E-state index contributed by atoms with van der Waals surface area (Å²) < 4.78 is 11.5. The zero-order chi connectivity index (χ0) is 19.4. The number of methoxy groups -OCH3 is 1. The fourth-order valence-corrected chi connectivity index (χ4v) is 3.47. The van der Waals surface area contributed by atoms with Crippen molar-refractivity contribution in [2.24, 2.45) is 0 Å². The van der Waals surface area contributed by atoms with Gasteiger partial charge in [-0.05, 0) is 62.0 Å². The molecule has 1 aliphatic rings. The lowest BCUT2D eigenvalue weighted by Gasteiger charge is -2.38. The van der Waals surface area contributed by atoms with E-state index in [0.717, 1.165) is 34.7 Å². The monoisotopic (exact) mass is 381 g/mol. The van der Waals surface area contributed by atoms with E-state index in [-0.39, 0.29) is 11.6 Å². The molecule has 0 fully saturated rings. The summed E-state index contributed by atoms with van der Waals surface area (Å²) in [6.07, 6.45) is 1.18. The Morgan fingerprint density at radius 3 is 2.70 bits per heavy atom. The first kappa shape index (κ1) is 19.0. The minimum absolute atomic E-state index is 0.0108. The predicted molar refractivity (Wildman–Crippen MR) is 110 cm³/mol. The highest BCUT2D eigenvalue weighted by Gasteiger charge is 2.34. The summed E-state index contributed by atoms with van der Waals surface area (Å²) in [5.41, 5.74) is 2.59. The van der Waals surface area contributed by atoms with Crippen LogP contribution in [0.2, 0.25) is 0 Å². The van der Waals surface area contributed by atoms with Gasteiger partial charge in [0.2, 0.25) is 0 Å². The van der Waals surface area contributed by atoms with Crippen LogP contribution in [0.1, 0.15) is 37.4 Å². The summed E-state index contributed by atoms with van der Waals surface area (Å²) in [5, 5.41) is 15.9. The molecule has 1 atom stereocenters. The third-order valence-electron chi connectivity index (χ3n) is 4.47. The smallest absolute Gasteiger partial charge is 0.171 e. The fourth-order valence-electron chi connectivity index (χ4n) is 3.21.